The molecule has 0 amide bonds. The van der Waals surface area contributed by atoms with E-state index in [2.05, 4.69) is 32.3 Å². The van der Waals surface area contributed by atoms with Gasteiger partial charge in [0.2, 0.25) is 0 Å². The van der Waals surface area contributed by atoms with E-state index in [0.717, 1.165) is 0 Å². The monoisotopic (exact) mass is 192 g/mol. The molecular formula is C7H16SiZn. The Labute approximate surface area is 67.3 Å². The summed E-state index contributed by atoms with van der Waals surface area (Å²) in [6.45, 7) is 11.1. The third-order valence-corrected chi connectivity index (χ3v) is 16.6. The van der Waals surface area contributed by atoms with Crippen LogP contribution in [0.5, 0.6) is 0 Å². The Morgan fingerprint density at radius 2 is 2.00 bits per heavy atom. The molecule has 2 heteroatoms. The zero-order chi connectivity index (χ0) is 7.33. The van der Waals surface area contributed by atoms with E-state index in [4.69, 9.17) is 0 Å². The number of hydrogen-bond donors (Lipinski definition) is 0. The van der Waals surface area contributed by atoms with Gasteiger partial charge in [-0.05, 0) is 0 Å². The minimum absolute atomic E-state index is 0.133. The van der Waals surface area contributed by atoms with E-state index in [1.807, 2.05) is 0 Å². The van der Waals surface area contributed by atoms with Gasteiger partial charge < -0.3 is 0 Å². The van der Waals surface area contributed by atoms with Gasteiger partial charge in [-0.25, -0.2) is 0 Å². The van der Waals surface area contributed by atoms with E-state index in [1.54, 1.807) is 4.64 Å². The van der Waals surface area contributed by atoms with Gasteiger partial charge in [0.25, 0.3) is 0 Å². The Balaban J connectivity index is 3.17. The first kappa shape index (κ1) is 9.58. The molecule has 0 aliphatic heterocycles. The van der Waals surface area contributed by atoms with E-state index in [0.29, 0.717) is 0 Å². The molecule has 0 fully saturated rings. The van der Waals surface area contributed by atoms with Crippen molar-refractivity contribution in [3.05, 3.63) is 12.7 Å². The van der Waals surface area contributed by atoms with Crippen LogP contribution in [0.3, 0.4) is 0 Å². The number of allylic oxidation sites excluding steroid dienone is 1. The van der Waals surface area contributed by atoms with Crippen molar-refractivity contribution in [2.45, 2.75) is 29.3 Å². The van der Waals surface area contributed by atoms with Crippen molar-refractivity contribution in [1.29, 1.82) is 0 Å². The van der Waals surface area contributed by atoms with Crippen molar-refractivity contribution in [1.82, 2.24) is 0 Å². The van der Waals surface area contributed by atoms with E-state index in [-0.39, 0.29) is 17.1 Å². The fourth-order valence-electron chi connectivity index (χ4n) is 0.777. The zero-order valence-corrected chi connectivity index (χ0v) is 10.9. The van der Waals surface area contributed by atoms with Gasteiger partial charge in [0, 0.05) is 0 Å². The van der Waals surface area contributed by atoms with Crippen molar-refractivity contribution in [2.24, 2.45) is 0 Å². The summed E-state index contributed by atoms with van der Waals surface area (Å²) >= 11 is -0.133. The van der Waals surface area contributed by atoms with Crippen LogP contribution in [0.2, 0.25) is 29.3 Å². The molecule has 0 aliphatic rings. The van der Waals surface area contributed by atoms with Crippen molar-refractivity contribution in [2.75, 3.05) is 0 Å². The Kier molecular flexibility index (Phi) is 4.69. The molecule has 0 saturated heterocycles. The number of hydrogen-bond acceptors (Lipinski definition) is 0. The van der Waals surface area contributed by atoms with Gasteiger partial charge in [0.1, 0.15) is 0 Å². The summed E-state index contributed by atoms with van der Waals surface area (Å²) < 4.78 is 1.63. The molecule has 9 heavy (non-hydrogen) atoms. The van der Waals surface area contributed by atoms with Crippen molar-refractivity contribution < 1.29 is 17.1 Å². The first-order valence-corrected chi connectivity index (χ1v) is 11.6. The molecular weight excluding hydrogens is 178 g/mol. The Bertz CT molecular complexity index is 83.4. The predicted octanol–water partition coefficient (Wildman–Crippen LogP) is 2.97. The second-order valence-electron chi connectivity index (χ2n) is 3.74. The molecule has 0 aromatic carbocycles. The van der Waals surface area contributed by atoms with Gasteiger partial charge in [-0.2, -0.15) is 0 Å². The van der Waals surface area contributed by atoms with Crippen molar-refractivity contribution in [3.8, 4) is 0 Å². The molecule has 0 rings (SSSR count). The van der Waals surface area contributed by atoms with Crippen molar-refractivity contribution >= 4 is 8.07 Å². The summed E-state index contributed by atoms with van der Waals surface area (Å²) in [4.78, 5) is 0. The summed E-state index contributed by atoms with van der Waals surface area (Å²) in [6.07, 6.45) is 2.10. The molecule has 0 aromatic rings. The van der Waals surface area contributed by atoms with Gasteiger partial charge in [0.05, 0.1) is 0 Å². The molecule has 0 unspecified atom stereocenters. The van der Waals surface area contributed by atoms with Crippen LogP contribution >= 0.6 is 0 Å². The van der Waals surface area contributed by atoms with Crippen LogP contribution in [0.15, 0.2) is 12.7 Å². The third kappa shape index (κ3) is 8.58. The summed E-state index contributed by atoms with van der Waals surface area (Å²) in [5.74, 6) is 0. The van der Waals surface area contributed by atoms with E-state index in [1.165, 1.54) is 5.02 Å². The second-order valence-corrected chi connectivity index (χ2v) is 15.2. The Morgan fingerprint density at radius 1 is 1.44 bits per heavy atom. The average molecular weight is 194 g/mol. The van der Waals surface area contributed by atoms with E-state index >= 15 is 0 Å². The molecule has 0 aliphatic carbocycles. The van der Waals surface area contributed by atoms with Gasteiger partial charge in [0.15, 0.2) is 0 Å². The SMILES string of the molecule is C=C[CH2][Zn][CH2][Si](C)(C)C. The summed E-state index contributed by atoms with van der Waals surface area (Å²) in [5, 5.41) is 1.39. The fraction of sp³-hybridized carbons (Fsp3) is 0.714. The van der Waals surface area contributed by atoms with Crippen LogP contribution in [-0.4, -0.2) is 8.07 Å². The van der Waals surface area contributed by atoms with Crippen LogP contribution in [-0.2, 0) is 17.1 Å². The fourth-order valence-corrected chi connectivity index (χ4v) is 10.6. The van der Waals surface area contributed by atoms with Crippen molar-refractivity contribution in [3.63, 3.8) is 0 Å². The molecule has 0 saturated carbocycles. The first-order chi connectivity index (χ1) is 4.06. The Hall–Kier alpha value is 0.580. The number of rotatable bonds is 4. The molecule has 0 nitrogen and oxygen atoms in total. The van der Waals surface area contributed by atoms with Gasteiger partial charge in [-0.3, -0.25) is 0 Å². The summed E-state index contributed by atoms with van der Waals surface area (Å²) in [7, 11) is -0.659. The third-order valence-electron chi connectivity index (χ3n) is 1.34. The molecule has 0 radical (unpaired) electrons. The normalized spacial score (nSPS) is 10.6. The first-order valence-electron chi connectivity index (χ1n) is 3.67. The maximum atomic E-state index is 3.74. The van der Waals surface area contributed by atoms with Gasteiger partial charge in [-0.1, -0.05) is 0 Å². The standard InChI is InChI=1S/C4H11Si.C3H5.Zn/c1-5(2,3)4;1-3-2;/h1H2,2-4H3;3H,1-2H2;. The van der Waals surface area contributed by atoms with Crippen LogP contribution < -0.4 is 0 Å². The quantitative estimate of drug-likeness (QED) is 0.366. The van der Waals surface area contributed by atoms with Crippen LogP contribution in [0, 0.1) is 0 Å². The maximum absolute atomic E-state index is 3.74. The van der Waals surface area contributed by atoms with E-state index in [9.17, 15) is 0 Å². The van der Waals surface area contributed by atoms with Crippen LogP contribution in [0.4, 0.5) is 0 Å². The van der Waals surface area contributed by atoms with E-state index < -0.39 is 8.07 Å². The molecule has 0 N–H and O–H groups in total. The topological polar surface area (TPSA) is 0 Å². The average Bonchev–Trinajstić information content (AvgIpc) is 1.63. The predicted molar refractivity (Wildman–Crippen MR) is 43.2 cm³/mol. The Morgan fingerprint density at radius 3 is 2.33 bits per heavy atom. The molecule has 0 atom stereocenters. The minimum atomic E-state index is -0.659. The van der Waals surface area contributed by atoms with Gasteiger partial charge >= 0.3 is 67.2 Å². The molecule has 0 heterocycles. The summed E-state index contributed by atoms with van der Waals surface area (Å²) in [6, 6.07) is 0. The molecule has 0 aromatic heterocycles. The molecule has 0 bridgehead atoms. The van der Waals surface area contributed by atoms with Gasteiger partial charge in [-0.15, -0.1) is 0 Å². The molecule has 50 valence electrons. The van der Waals surface area contributed by atoms with Crippen LogP contribution in [0.25, 0.3) is 0 Å². The zero-order valence-electron chi connectivity index (χ0n) is 6.91. The second kappa shape index (κ2) is 4.40. The summed E-state index contributed by atoms with van der Waals surface area (Å²) in [5.41, 5.74) is 0. The van der Waals surface area contributed by atoms with Crippen LogP contribution in [0.1, 0.15) is 0 Å². The molecule has 0 spiro atoms.